The Morgan fingerprint density at radius 3 is 2.68 bits per heavy atom. The van der Waals surface area contributed by atoms with Crippen LogP contribution >= 0.6 is 0 Å². The number of aryl methyl sites for hydroxylation is 1. The summed E-state index contributed by atoms with van der Waals surface area (Å²) in [6, 6.07) is 8.75. The minimum Gasteiger partial charge on any atom is -0.320 e. The highest BCUT2D eigenvalue weighted by Gasteiger charge is 2.06. The van der Waals surface area contributed by atoms with Crippen molar-refractivity contribution >= 4 is 11.7 Å². The minimum absolute atomic E-state index is 0.197. The van der Waals surface area contributed by atoms with Crippen LogP contribution in [0, 0.1) is 11.8 Å². The highest BCUT2D eigenvalue weighted by Crippen LogP contribution is 2.07. The molecule has 96 valence electrons. The normalized spacial score (nSPS) is 9.58. The van der Waals surface area contributed by atoms with Crippen LogP contribution in [0.15, 0.2) is 36.5 Å². The van der Waals surface area contributed by atoms with Gasteiger partial charge in [-0.15, -0.1) is 0 Å². The molecule has 2 aromatic rings. The molecule has 0 saturated carbocycles. The topological polar surface area (TPSA) is 72.9 Å². The maximum absolute atomic E-state index is 11.9. The van der Waals surface area contributed by atoms with Crippen LogP contribution < -0.4 is 11.1 Å². The minimum atomic E-state index is -0.197. The average molecular weight is 254 g/mol. The molecule has 0 atom stereocenters. The number of anilines is 1. The number of nitrogens with zero attached hydrogens (tertiary/aromatic N) is 2. The summed E-state index contributed by atoms with van der Waals surface area (Å²) in [6.45, 7) is 0.321. The molecule has 0 radical (unpaired) electrons. The molecule has 5 heteroatoms. The molecule has 0 saturated heterocycles. The highest BCUT2D eigenvalue weighted by molar-refractivity contribution is 6.03. The zero-order chi connectivity index (χ0) is 13.7. The Labute approximate surface area is 111 Å². The van der Waals surface area contributed by atoms with Crippen LogP contribution in [0.4, 0.5) is 5.82 Å². The van der Waals surface area contributed by atoms with Gasteiger partial charge in [0.25, 0.3) is 5.91 Å². The van der Waals surface area contributed by atoms with Gasteiger partial charge in [0.1, 0.15) is 0 Å². The number of carbonyl (C=O) groups excluding carboxylic acids is 1. The first kappa shape index (κ1) is 12.9. The number of hydrogen-bond donors (Lipinski definition) is 2. The van der Waals surface area contributed by atoms with Crippen molar-refractivity contribution in [3.8, 4) is 11.8 Å². The lowest BCUT2D eigenvalue weighted by Crippen LogP contribution is -2.12. The van der Waals surface area contributed by atoms with Gasteiger partial charge in [-0.1, -0.05) is 11.8 Å². The summed E-state index contributed by atoms with van der Waals surface area (Å²) in [5.74, 6) is 5.99. The lowest BCUT2D eigenvalue weighted by atomic mass is 10.1. The fraction of sp³-hybridized carbons (Fsp3) is 0.143. The summed E-state index contributed by atoms with van der Waals surface area (Å²) in [5, 5.41) is 6.80. The van der Waals surface area contributed by atoms with Gasteiger partial charge >= 0.3 is 0 Å². The molecule has 0 unspecified atom stereocenters. The lowest BCUT2D eigenvalue weighted by Gasteiger charge is -2.01. The highest BCUT2D eigenvalue weighted by atomic mass is 16.1. The third kappa shape index (κ3) is 3.44. The Morgan fingerprint density at radius 1 is 1.37 bits per heavy atom. The van der Waals surface area contributed by atoms with Gasteiger partial charge in [0.2, 0.25) is 0 Å². The Kier molecular flexibility index (Phi) is 3.96. The molecule has 0 aliphatic rings. The first-order valence-corrected chi connectivity index (χ1v) is 5.79. The van der Waals surface area contributed by atoms with E-state index in [-0.39, 0.29) is 5.91 Å². The van der Waals surface area contributed by atoms with Gasteiger partial charge in [-0.2, -0.15) is 5.10 Å². The predicted octanol–water partition coefficient (Wildman–Crippen LogP) is 0.983. The molecular weight excluding hydrogens is 240 g/mol. The molecule has 19 heavy (non-hydrogen) atoms. The van der Waals surface area contributed by atoms with Crippen molar-refractivity contribution in [2.75, 3.05) is 11.9 Å². The van der Waals surface area contributed by atoms with E-state index in [4.69, 9.17) is 5.73 Å². The van der Waals surface area contributed by atoms with E-state index in [1.165, 1.54) is 0 Å². The number of carbonyl (C=O) groups is 1. The zero-order valence-corrected chi connectivity index (χ0v) is 10.6. The van der Waals surface area contributed by atoms with E-state index < -0.39 is 0 Å². The number of amides is 1. The fourth-order valence-electron chi connectivity index (χ4n) is 1.53. The van der Waals surface area contributed by atoms with E-state index >= 15 is 0 Å². The summed E-state index contributed by atoms with van der Waals surface area (Å²) < 4.78 is 1.63. The summed E-state index contributed by atoms with van der Waals surface area (Å²) in [5.41, 5.74) is 6.69. The van der Waals surface area contributed by atoms with Gasteiger partial charge in [0.15, 0.2) is 5.82 Å². The molecule has 1 heterocycles. The van der Waals surface area contributed by atoms with Crippen molar-refractivity contribution < 1.29 is 4.79 Å². The van der Waals surface area contributed by atoms with Crippen LogP contribution in [0.3, 0.4) is 0 Å². The van der Waals surface area contributed by atoms with Gasteiger partial charge in [0.05, 0.1) is 6.54 Å². The molecule has 0 fully saturated rings. The van der Waals surface area contributed by atoms with E-state index in [1.807, 2.05) is 0 Å². The maximum atomic E-state index is 11.9. The molecule has 0 bridgehead atoms. The predicted molar refractivity (Wildman–Crippen MR) is 73.5 cm³/mol. The second-order valence-corrected chi connectivity index (χ2v) is 3.91. The molecule has 2 rings (SSSR count). The summed E-state index contributed by atoms with van der Waals surface area (Å²) in [7, 11) is 1.79. The molecule has 1 aromatic heterocycles. The summed E-state index contributed by atoms with van der Waals surface area (Å²) in [4.78, 5) is 11.9. The standard InChI is InChI=1S/C14H14N4O/c1-18-10-8-13(17-18)16-14(19)12-6-4-11(5-7-12)3-2-9-15/h4-8,10H,9,15H2,1H3,(H,16,17,19). The number of hydrogen-bond acceptors (Lipinski definition) is 3. The zero-order valence-electron chi connectivity index (χ0n) is 10.6. The molecular formula is C14H14N4O. The third-order valence-electron chi connectivity index (χ3n) is 2.44. The van der Waals surface area contributed by atoms with Crippen molar-refractivity contribution in [3.63, 3.8) is 0 Å². The molecule has 3 N–H and O–H groups in total. The van der Waals surface area contributed by atoms with E-state index in [0.29, 0.717) is 17.9 Å². The number of nitrogens with two attached hydrogens (primary N) is 1. The van der Waals surface area contributed by atoms with Crippen molar-refractivity contribution in [1.29, 1.82) is 0 Å². The van der Waals surface area contributed by atoms with Crippen LogP contribution in [0.1, 0.15) is 15.9 Å². The van der Waals surface area contributed by atoms with E-state index in [9.17, 15) is 4.79 Å². The first-order valence-electron chi connectivity index (χ1n) is 5.79. The van der Waals surface area contributed by atoms with Crippen LogP contribution in [0.2, 0.25) is 0 Å². The molecule has 0 spiro atoms. The van der Waals surface area contributed by atoms with Gasteiger partial charge in [-0.25, -0.2) is 0 Å². The van der Waals surface area contributed by atoms with Crippen molar-refractivity contribution in [2.24, 2.45) is 12.8 Å². The largest absolute Gasteiger partial charge is 0.320 e. The van der Waals surface area contributed by atoms with Gasteiger partial charge < -0.3 is 11.1 Å². The van der Waals surface area contributed by atoms with Gasteiger partial charge in [-0.05, 0) is 24.3 Å². The van der Waals surface area contributed by atoms with Crippen molar-refractivity contribution in [3.05, 3.63) is 47.7 Å². The summed E-state index contributed by atoms with van der Waals surface area (Å²) >= 11 is 0. The van der Waals surface area contributed by atoms with Crippen molar-refractivity contribution in [2.45, 2.75) is 0 Å². The molecule has 1 aromatic carbocycles. The Balaban J connectivity index is 2.07. The summed E-state index contributed by atoms with van der Waals surface area (Å²) in [6.07, 6.45) is 1.77. The van der Waals surface area contributed by atoms with Crippen LogP contribution in [0.25, 0.3) is 0 Å². The number of aromatic nitrogens is 2. The van der Waals surface area contributed by atoms with E-state index in [1.54, 1.807) is 48.3 Å². The number of rotatable bonds is 2. The Hall–Kier alpha value is -2.58. The molecule has 5 nitrogen and oxygen atoms in total. The smallest absolute Gasteiger partial charge is 0.256 e. The van der Waals surface area contributed by atoms with Gasteiger partial charge in [0, 0.05) is 30.4 Å². The second-order valence-electron chi connectivity index (χ2n) is 3.91. The van der Waals surface area contributed by atoms with Crippen LogP contribution in [-0.2, 0) is 7.05 Å². The third-order valence-corrected chi connectivity index (χ3v) is 2.44. The van der Waals surface area contributed by atoms with Crippen molar-refractivity contribution in [1.82, 2.24) is 9.78 Å². The number of benzene rings is 1. The SMILES string of the molecule is Cn1ccc(NC(=O)c2ccc(C#CCN)cc2)n1. The molecule has 0 aliphatic heterocycles. The van der Waals surface area contributed by atoms with Gasteiger partial charge in [-0.3, -0.25) is 9.48 Å². The fourth-order valence-corrected chi connectivity index (χ4v) is 1.53. The molecule has 1 amide bonds. The van der Waals surface area contributed by atoms with E-state index in [0.717, 1.165) is 5.56 Å². The Bertz CT molecular complexity index is 631. The average Bonchev–Trinajstić information content (AvgIpc) is 2.82. The maximum Gasteiger partial charge on any atom is 0.256 e. The van der Waals surface area contributed by atoms with E-state index in [2.05, 4.69) is 22.3 Å². The molecule has 0 aliphatic carbocycles. The lowest BCUT2D eigenvalue weighted by molar-refractivity contribution is 0.102. The quantitative estimate of drug-likeness (QED) is 0.785. The van der Waals surface area contributed by atoms with Crippen LogP contribution in [-0.4, -0.2) is 22.2 Å². The Morgan fingerprint density at radius 2 is 2.11 bits per heavy atom. The second kappa shape index (κ2) is 5.85. The monoisotopic (exact) mass is 254 g/mol. The number of nitrogens with one attached hydrogen (secondary N) is 1. The van der Waals surface area contributed by atoms with Crippen LogP contribution in [0.5, 0.6) is 0 Å². The first-order chi connectivity index (χ1) is 9.19.